The van der Waals surface area contributed by atoms with Crippen LogP contribution < -0.4 is 5.73 Å². The van der Waals surface area contributed by atoms with Gasteiger partial charge in [0.15, 0.2) is 0 Å². The molecule has 0 aliphatic heterocycles. The van der Waals surface area contributed by atoms with Crippen LogP contribution in [0, 0.1) is 0 Å². The molecule has 0 amide bonds. The molecule has 2 atom stereocenters. The Hall–Kier alpha value is -1.77. The summed E-state index contributed by atoms with van der Waals surface area (Å²) in [5, 5.41) is 8.75. The van der Waals surface area contributed by atoms with Crippen LogP contribution in [0.1, 0.15) is 42.4 Å². The summed E-state index contributed by atoms with van der Waals surface area (Å²) >= 11 is 0. The van der Waals surface area contributed by atoms with Crippen LogP contribution >= 0.6 is 0 Å². The molecular formula is C14H15F6NO2. The van der Waals surface area contributed by atoms with Crippen LogP contribution in [0.2, 0.25) is 0 Å². The fraction of sp³-hybridized carbons (Fsp3) is 0.500. The summed E-state index contributed by atoms with van der Waals surface area (Å²) < 4.78 is 76.8. The number of alkyl halides is 6. The van der Waals surface area contributed by atoms with E-state index in [2.05, 4.69) is 0 Å². The minimum atomic E-state index is -5.17. The largest absolute Gasteiger partial charge is 0.480 e. The van der Waals surface area contributed by atoms with Crippen molar-refractivity contribution >= 4 is 5.97 Å². The minimum Gasteiger partial charge on any atom is -0.480 e. The summed E-state index contributed by atoms with van der Waals surface area (Å²) in [6.07, 6.45) is -10.2. The highest BCUT2D eigenvalue weighted by molar-refractivity contribution is 5.73. The molecule has 0 saturated carbocycles. The fourth-order valence-corrected chi connectivity index (χ4v) is 2.24. The van der Waals surface area contributed by atoms with E-state index in [1.165, 1.54) is 0 Å². The second-order valence-corrected chi connectivity index (χ2v) is 5.09. The molecule has 0 spiro atoms. The van der Waals surface area contributed by atoms with Crippen LogP contribution in [-0.2, 0) is 17.1 Å². The first-order valence-corrected chi connectivity index (χ1v) is 6.64. The maximum absolute atomic E-state index is 12.9. The molecular weight excluding hydrogens is 328 g/mol. The average Bonchev–Trinajstić information content (AvgIpc) is 2.41. The molecule has 1 rings (SSSR count). The molecule has 0 bridgehead atoms. The van der Waals surface area contributed by atoms with E-state index < -0.39 is 41.4 Å². The van der Waals surface area contributed by atoms with Crippen molar-refractivity contribution in [2.75, 3.05) is 0 Å². The zero-order valence-corrected chi connectivity index (χ0v) is 12.0. The number of benzene rings is 1. The molecule has 1 aromatic carbocycles. The monoisotopic (exact) mass is 343 g/mol. The molecule has 0 aliphatic carbocycles. The standard InChI is InChI=1S/C14H15F6NO2/c1-2-7(6-11(21)12(22)23)8-3-4-9(13(15,16)17)10(5-8)14(18,19)20/h3-5,7,11H,2,6,21H2,1H3,(H,22,23). The third kappa shape index (κ3) is 4.85. The van der Waals surface area contributed by atoms with Crippen molar-refractivity contribution in [3.63, 3.8) is 0 Å². The van der Waals surface area contributed by atoms with Gasteiger partial charge in [-0.25, -0.2) is 0 Å². The predicted molar refractivity (Wildman–Crippen MR) is 69.7 cm³/mol. The second kappa shape index (κ2) is 6.77. The van der Waals surface area contributed by atoms with E-state index in [0.29, 0.717) is 12.1 Å². The van der Waals surface area contributed by atoms with Gasteiger partial charge >= 0.3 is 18.3 Å². The molecule has 0 aromatic heterocycles. The zero-order chi connectivity index (χ0) is 18.0. The Morgan fingerprint density at radius 3 is 2.04 bits per heavy atom. The van der Waals surface area contributed by atoms with Crippen molar-refractivity contribution < 1.29 is 36.2 Å². The lowest BCUT2D eigenvalue weighted by molar-refractivity contribution is -0.162. The lowest BCUT2D eigenvalue weighted by Crippen LogP contribution is -2.31. The van der Waals surface area contributed by atoms with Gasteiger partial charge in [-0.3, -0.25) is 4.79 Å². The number of carbonyl (C=O) groups is 1. The summed E-state index contributed by atoms with van der Waals surface area (Å²) in [6.45, 7) is 1.59. The van der Waals surface area contributed by atoms with Crippen LogP contribution in [0.5, 0.6) is 0 Å². The highest BCUT2D eigenvalue weighted by atomic mass is 19.4. The Morgan fingerprint density at radius 1 is 1.13 bits per heavy atom. The SMILES string of the molecule is CCC(CC(N)C(=O)O)c1ccc(C(F)(F)F)c(C(F)(F)F)c1. The summed E-state index contributed by atoms with van der Waals surface area (Å²) in [5.41, 5.74) is 1.77. The molecule has 23 heavy (non-hydrogen) atoms. The van der Waals surface area contributed by atoms with Gasteiger partial charge in [0.05, 0.1) is 11.1 Å². The molecule has 3 nitrogen and oxygen atoms in total. The minimum absolute atomic E-state index is 0.0236. The van der Waals surface area contributed by atoms with Gasteiger partial charge < -0.3 is 10.8 Å². The van der Waals surface area contributed by atoms with Gasteiger partial charge in [0.2, 0.25) is 0 Å². The van der Waals surface area contributed by atoms with Crippen molar-refractivity contribution in [3.05, 3.63) is 34.9 Å². The summed E-state index contributed by atoms with van der Waals surface area (Å²) in [6, 6.07) is 0.413. The number of carboxylic acid groups (broad SMARTS) is 1. The van der Waals surface area contributed by atoms with E-state index in [0.717, 1.165) is 6.07 Å². The zero-order valence-electron chi connectivity index (χ0n) is 12.0. The maximum atomic E-state index is 12.9. The van der Waals surface area contributed by atoms with Crippen LogP contribution in [-0.4, -0.2) is 17.1 Å². The smallest absolute Gasteiger partial charge is 0.417 e. The lowest BCUT2D eigenvalue weighted by Gasteiger charge is -2.21. The number of hydrogen-bond donors (Lipinski definition) is 2. The van der Waals surface area contributed by atoms with Gasteiger partial charge in [-0.15, -0.1) is 0 Å². The topological polar surface area (TPSA) is 63.3 Å². The number of aliphatic carboxylic acids is 1. The van der Waals surface area contributed by atoms with Crippen molar-refractivity contribution in [1.82, 2.24) is 0 Å². The van der Waals surface area contributed by atoms with Gasteiger partial charge in [-0.05, 0) is 36.5 Å². The van der Waals surface area contributed by atoms with E-state index in [1.54, 1.807) is 6.92 Å². The molecule has 0 heterocycles. The van der Waals surface area contributed by atoms with Crippen molar-refractivity contribution in [3.8, 4) is 0 Å². The van der Waals surface area contributed by atoms with Crippen LogP contribution in [0.3, 0.4) is 0 Å². The van der Waals surface area contributed by atoms with E-state index in [4.69, 9.17) is 10.8 Å². The Labute approximate surface area is 128 Å². The lowest BCUT2D eigenvalue weighted by atomic mass is 9.88. The van der Waals surface area contributed by atoms with E-state index in [-0.39, 0.29) is 18.4 Å². The molecule has 130 valence electrons. The molecule has 0 fully saturated rings. The van der Waals surface area contributed by atoms with Crippen molar-refractivity contribution in [2.24, 2.45) is 5.73 Å². The maximum Gasteiger partial charge on any atom is 0.417 e. The first-order chi connectivity index (χ1) is 10.4. The molecule has 3 N–H and O–H groups in total. The van der Waals surface area contributed by atoms with Crippen molar-refractivity contribution in [2.45, 2.75) is 44.1 Å². The third-order valence-corrected chi connectivity index (χ3v) is 3.47. The normalized spacial score (nSPS) is 15.3. The number of rotatable bonds is 5. The summed E-state index contributed by atoms with van der Waals surface area (Å²) in [4.78, 5) is 10.7. The van der Waals surface area contributed by atoms with E-state index in [1.807, 2.05) is 0 Å². The molecule has 0 aliphatic rings. The molecule has 0 saturated heterocycles. The Balaban J connectivity index is 3.30. The van der Waals surface area contributed by atoms with Crippen LogP contribution in [0.15, 0.2) is 18.2 Å². The molecule has 1 aromatic rings. The summed E-state index contributed by atoms with van der Waals surface area (Å²) in [5.74, 6) is -2.02. The van der Waals surface area contributed by atoms with Gasteiger partial charge in [-0.2, -0.15) is 26.3 Å². The van der Waals surface area contributed by atoms with E-state index in [9.17, 15) is 31.1 Å². The Morgan fingerprint density at radius 2 is 1.65 bits per heavy atom. The summed E-state index contributed by atoms with van der Waals surface area (Å²) in [7, 11) is 0. The molecule has 9 heteroatoms. The fourth-order valence-electron chi connectivity index (χ4n) is 2.24. The average molecular weight is 343 g/mol. The van der Waals surface area contributed by atoms with Crippen LogP contribution in [0.25, 0.3) is 0 Å². The first-order valence-electron chi connectivity index (χ1n) is 6.64. The third-order valence-electron chi connectivity index (χ3n) is 3.47. The highest BCUT2D eigenvalue weighted by Crippen LogP contribution is 2.42. The number of nitrogens with two attached hydrogens (primary N) is 1. The van der Waals surface area contributed by atoms with Gasteiger partial charge in [0, 0.05) is 0 Å². The van der Waals surface area contributed by atoms with Crippen molar-refractivity contribution in [1.29, 1.82) is 0 Å². The van der Waals surface area contributed by atoms with Gasteiger partial charge in [-0.1, -0.05) is 13.0 Å². The number of halogens is 6. The molecule has 2 unspecified atom stereocenters. The van der Waals surface area contributed by atoms with Crippen LogP contribution in [0.4, 0.5) is 26.3 Å². The Bertz CT molecular complexity index is 567. The van der Waals surface area contributed by atoms with E-state index >= 15 is 0 Å². The van der Waals surface area contributed by atoms with Gasteiger partial charge in [0.1, 0.15) is 6.04 Å². The Kier molecular flexibility index (Phi) is 5.68. The molecule has 0 radical (unpaired) electrons. The number of carboxylic acids is 1. The number of hydrogen-bond acceptors (Lipinski definition) is 2. The predicted octanol–water partition coefficient (Wildman–Crippen LogP) is 4.02. The quantitative estimate of drug-likeness (QED) is 0.794. The first kappa shape index (κ1) is 19.3. The highest BCUT2D eigenvalue weighted by Gasteiger charge is 2.43. The van der Waals surface area contributed by atoms with Gasteiger partial charge in [0.25, 0.3) is 0 Å². The second-order valence-electron chi connectivity index (χ2n) is 5.09.